The molecule has 0 aliphatic rings. The van der Waals surface area contributed by atoms with E-state index in [1.807, 2.05) is 18.2 Å². The molecule has 2 rings (SSSR count). The summed E-state index contributed by atoms with van der Waals surface area (Å²) in [5.41, 5.74) is 6.52. The first-order valence-electron chi connectivity index (χ1n) is 7.29. The number of rotatable bonds is 7. The molecule has 0 aromatic heterocycles. The minimum absolute atomic E-state index is 0.275. The number of hydrogen-bond donors (Lipinski definition) is 2. The van der Waals surface area contributed by atoms with Crippen molar-refractivity contribution in [1.29, 1.82) is 0 Å². The third-order valence-corrected chi connectivity index (χ3v) is 4.12. The SMILES string of the molecule is NC(=O)CCSc1ccccc1NC(=O)C=Cc1ccc(F)cc1. The van der Waals surface area contributed by atoms with Gasteiger partial charge >= 0.3 is 0 Å². The van der Waals surface area contributed by atoms with Gasteiger partial charge in [-0.2, -0.15) is 0 Å². The lowest BCUT2D eigenvalue weighted by Gasteiger charge is -2.08. The molecule has 3 N–H and O–H groups in total. The number of anilines is 1. The average molecular weight is 344 g/mol. The number of primary amides is 1. The summed E-state index contributed by atoms with van der Waals surface area (Å²) in [7, 11) is 0. The van der Waals surface area contributed by atoms with Crippen molar-refractivity contribution in [1.82, 2.24) is 0 Å². The molecule has 2 amide bonds. The molecular weight excluding hydrogens is 327 g/mol. The van der Waals surface area contributed by atoms with Crippen LogP contribution in [0.25, 0.3) is 6.08 Å². The fourth-order valence-corrected chi connectivity index (χ4v) is 2.85. The van der Waals surface area contributed by atoms with Crippen LogP contribution in [0, 0.1) is 5.82 Å². The van der Waals surface area contributed by atoms with E-state index in [0.717, 1.165) is 10.5 Å². The molecule has 0 saturated heterocycles. The monoisotopic (exact) mass is 344 g/mol. The van der Waals surface area contributed by atoms with Crippen LogP contribution >= 0.6 is 11.8 Å². The smallest absolute Gasteiger partial charge is 0.248 e. The number of benzene rings is 2. The molecule has 0 bridgehead atoms. The Hall–Kier alpha value is -2.60. The fourth-order valence-electron chi connectivity index (χ4n) is 1.88. The maximum atomic E-state index is 12.8. The molecule has 0 atom stereocenters. The Balaban J connectivity index is 1.98. The summed E-state index contributed by atoms with van der Waals surface area (Å²) >= 11 is 1.45. The maximum absolute atomic E-state index is 12.8. The summed E-state index contributed by atoms with van der Waals surface area (Å²) in [5.74, 6) is -0.416. The summed E-state index contributed by atoms with van der Waals surface area (Å²) in [6.45, 7) is 0. The van der Waals surface area contributed by atoms with Crippen molar-refractivity contribution in [2.45, 2.75) is 11.3 Å². The number of para-hydroxylation sites is 1. The van der Waals surface area contributed by atoms with Crippen molar-refractivity contribution in [3.8, 4) is 0 Å². The highest BCUT2D eigenvalue weighted by Gasteiger charge is 2.05. The van der Waals surface area contributed by atoms with Gasteiger partial charge in [0.25, 0.3) is 0 Å². The van der Waals surface area contributed by atoms with Gasteiger partial charge in [-0.25, -0.2) is 4.39 Å². The Labute approximate surface area is 143 Å². The zero-order valence-corrected chi connectivity index (χ0v) is 13.7. The molecule has 0 radical (unpaired) electrons. The second-order valence-corrected chi connectivity index (χ2v) is 6.07. The predicted molar refractivity (Wildman–Crippen MR) is 95.0 cm³/mol. The number of thioether (sulfide) groups is 1. The molecular formula is C18H17FN2O2S. The Morgan fingerprint density at radius 3 is 2.54 bits per heavy atom. The Morgan fingerprint density at radius 2 is 1.83 bits per heavy atom. The lowest BCUT2D eigenvalue weighted by atomic mass is 10.2. The molecule has 2 aromatic carbocycles. The maximum Gasteiger partial charge on any atom is 0.248 e. The summed E-state index contributed by atoms with van der Waals surface area (Å²) < 4.78 is 12.8. The zero-order valence-electron chi connectivity index (χ0n) is 12.9. The van der Waals surface area contributed by atoms with Gasteiger partial charge < -0.3 is 11.1 Å². The molecule has 0 aliphatic carbocycles. The molecule has 6 heteroatoms. The summed E-state index contributed by atoms with van der Waals surface area (Å²) in [5, 5.41) is 2.79. The quantitative estimate of drug-likeness (QED) is 0.597. The van der Waals surface area contributed by atoms with E-state index in [9.17, 15) is 14.0 Å². The van der Waals surface area contributed by atoms with Gasteiger partial charge in [0.15, 0.2) is 0 Å². The molecule has 0 aliphatic heterocycles. The van der Waals surface area contributed by atoms with Gasteiger partial charge in [0.1, 0.15) is 5.82 Å². The van der Waals surface area contributed by atoms with Gasteiger partial charge in [-0.1, -0.05) is 24.3 Å². The second-order valence-electron chi connectivity index (χ2n) is 4.94. The molecule has 0 saturated carbocycles. The normalized spacial score (nSPS) is 10.7. The van der Waals surface area contributed by atoms with Crippen LogP contribution in [0.4, 0.5) is 10.1 Å². The third-order valence-electron chi connectivity index (χ3n) is 3.05. The highest BCUT2D eigenvalue weighted by atomic mass is 32.2. The van der Waals surface area contributed by atoms with Crippen molar-refractivity contribution in [2.75, 3.05) is 11.1 Å². The van der Waals surface area contributed by atoms with E-state index < -0.39 is 0 Å². The van der Waals surface area contributed by atoms with Crippen molar-refractivity contribution < 1.29 is 14.0 Å². The first-order valence-corrected chi connectivity index (χ1v) is 8.28. The van der Waals surface area contributed by atoms with E-state index in [1.165, 1.54) is 30.0 Å². The number of nitrogens with one attached hydrogen (secondary N) is 1. The first-order chi connectivity index (χ1) is 11.5. The van der Waals surface area contributed by atoms with Crippen LogP contribution in [-0.4, -0.2) is 17.6 Å². The molecule has 24 heavy (non-hydrogen) atoms. The van der Waals surface area contributed by atoms with Gasteiger partial charge in [-0.3, -0.25) is 9.59 Å². The highest BCUT2D eigenvalue weighted by Crippen LogP contribution is 2.27. The van der Waals surface area contributed by atoms with Crippen molar-refractivity contribution >= 4 is 35.3 Å². The Kier molecular flexibility index (Phi) is 6.57. The molecule has 124 valence electrons. The lowest BCUT2D eigenvalue weighted by Crippen LogP contribution is -2.11. The first kappa shape index (κ1) is 17.7. The standard InChI is InChI=1S/C18H17FN2O2S/c19-14-8-5-13(6-9-14)7-10-18(23)21-15-3-1-2-4-16(15)24-12-11-17(20)22/h1-10H,11-12H2,(H2,20,22)(H,21,23). The van der Waals surface area contributed by atoms with Gasteiger partial charge in [0, 0.05) is 23.1 Å². The Morgan fingerprint density at radius 1 is 1.12 bits per heavy atom. The minimum atomic E-state index is -0.355. The van der Waals surface area contributed by atoms with Gasteiger partial charge in [0.05, 0.1) is 5.69 Å². The number of nitrogens with two attached hydrogens (primary N) is 1. The second kappa shape index (κ2) is 8.88. The highest BCUT2D eigenvalue weighted by molar-refractivity contribution is 7.99. The van der Waals surface area contributed by atoms with E-state index in [2.05, 4.69) is 5.32 Å². The van der Waals surface area contributed by atoms with Crippen LogP contribution < -0.4 is 11.1 Å². The largest absolute Gasteiger partial charge is 0.370 e. The number of amides is 2. The van der Waals surface area contributed by atoms with Crippen molar-refractivity contribution in [2.24, 2.45) is 5.73 Å². The molecule has 2 aromatic rings. The molecule has 0 heterocycles. The number of carbonyl (C=O) groups is 2. The number of halogens is 1. The van der Waals surface area contributed by atoms with Crippen LogP contribution in [-0.2, 0) is 9.59 Å². The lowest BCUT2D eigenvalue weighted by molar-refractivity contribution is -0.117. The Bertz CT molecular complexity index is 745. The van der Waals surface area contributed by atoms with Gasteiger partial charge in [0.2, 0.25) is 11.8 Å². The molecule has 0 unspecified atom stereocenters. The molecule has 4 nitrogen and oxygen atoms in total. The van der Waals surface area contributed by atoms with Crippen LogP contribution in [0.3, 0.4) is 0 Å². The predicted octanol–water partition coefficient (Wildman–Crippen LogP) is 3.45. The summed E-state index contributed by atoms with van der Waals surface area (Å²) in [6, 6.07) is 13.2. The number of carbonyl (C=O) groups excluding carboxylic acids is 2. The van der Waals surface area contributed by atoms with Crippen LogP contribution in [0.2, 0.25) is 0 Å². The molecule has 0 spiro atoms. The van der Waals surface area contributed by atoms with E-state index >= 15 is 0 Å². The van der Waals surface area contributed by atoms with Crippen LogP contribution in [0.15, 0.2) is 59.5 Å². The third kappa shape index (κ3) is 5.89. The fraction of sp³-hybridized carbons (Fsp3) is 0.111. The summed E-state index contributed by atoms with van der Waals surface area (Å²) in [6.07, 6.45) is 3.27. The average Bonchev–Trinajstić information content (AvgIpc) is 2.55. The van der Waals surface area contributed by atoms with Gasteiger partial charge in [-0.15, -0.1) is 11.8 Å². The van der Waals surface area contributed by atoms with Crippen molar-refractivity contribution in [3.63, 3.8) is 0 Å². The number of hydrogen-bond acceptors (Lipinski definition) is 3. The van der Waals surface area contributed by atoms with E-state index in [1.54, 1.807) is 24.3 Å². The van der Waals surface area contributed by atoms with E-state index in [-0.39, 0.29) is 24.1 Å². The summed E-state index contributed by atoms with van der Waals surface area (Å²) in [4.78, 5) is 23.7. The van der Waals surface area contributed by atoms with Crippen LogP contribution in [0.5, 0.6) is 0 Å². The molecule has 0 fully saturated rings. The topological polar surface area (TPSA) is 72.2 Å². The zero-order chi connectivity index (χ0) is 17.4. The van der Waals surface area contributed by atoms with E-state index in [4.69, 9.17) is 5.73 Å². The van der Waals surface area contributed by atoms with Gasteiger partial charge in [-0.05, 0) is 35.9 Å². The van der Waals surface area contributed by atoms with E-state index in [0.29, 0.717) is 11.4 Å². The van der Waals surface area contributed by atoms with Crippen LogP contribution in [0.1, 0.15) is 12.0 Å². The minimum Gasteiger partial charge on any atom is -0.370 e. The van der Waals surface area contributed by atoms with Crippen molar-refractivity contribution in [3.05, 3.63) is 66.0 Å².